The minimum absolute atomic E-state index is 0.0538. The average molecular weight is 339 g/mol. The van der Waals surface area contributed by atoms with Gasteiger partial charge < -0.3 is 9.30 Å². The third kappa shape index (κ3) is 2.47. The van der Waals surface area contributed by atoms with Crippen LogP contribution in [0.5, 0.6) is 0 Å². The first-order chi connectivity index (χ1) is 12.8. The van der Waals surface area contributed by atoms with Crippen molar-refractivity contribution in [1.82, 2.24) is 14.3 Å². The first kappa shape index (κ1) is 14.9. The van der Waals surface area contributed by atoms with Crippen molar-refractivity contribution in [3.8, 4) is 11.3 Å². The predicted molar refractivity (Wildman–Crippen MR) is 101 cm³/mol. The number of hydrogen-bond acceptors (Lipinski definition) is 2. The molecular formula is C22H17N3O. The Bertz CT molecular complexity index is 1090. The summed E-state index contributed by atoms with van der Waals surface area (Å²) in [4.78, 5) is 19.5. The van der Waals surface area contributed by atoms with Crippen molar-refractivity contribution in [2.24, 2.45) is 0 Å². The first-order valence-corrected chi connectivity index (χ1v) is 8.68. The second-order valence-electron chi connectivity index (χ2n) is 6.61. The summed E-state index contributed by atoms with van der Waals surface area (Å²) in [5, 5.41) is 0. The minimum Gasteiger partial charge on any atom is -0.330 e. The van der Waals surface area contributed by atoms with E-state index < -0.39 is 0 Å². The van der Waals surface area contributed by atoms with Gasteiger partial charge in [0.1, 0.15) is 5.65 Å². The Morgan fingerprint density at radius 1 is 0.808 bits per heavy atom. The Balaban J connectivity index is 1.46. The Kier molecular flexibility index (Phi) is 3.35. The maximum atomic E-state index is 12.9. The van der Waals surface area contributed by atoms with Crippen LogP contribution in [0.3, 0.4) is 0 Å². The standard InChI is InChI=1S/C22H17N3O/c26-22(25-12-17-8-4-5-9-18(17)13-25)19-10-11-21-23-20(15-24(21)14-19)16-6-2-1-3-7-16/h1-11,14-15H,12-13H2. The summed E-state index contributed by atoms with van der Waals surface area (Å²) >= 11 is 0. The van der Waals surface area contributed by atoms with Gasteiger partial charge in [-0.1, -0.05) is 54.6 Å². The number of benzene rings is 2. The Hall–Kier alpha value is -3.40. The Morgan fingerprint density at radius 3 is 2.23 bits per heavy atom. The lowest BCUT2D eigenvalue weighted by atomic mass is 10.1. The second-order valence-corrected chi connectivity index (χ2v) is 6.61. The van der Waals surface area contributed by atoms with E-state index in [9.17, 15) is 4.79 Å². The third-order valence-electron chi connectivity index (χ3n) is 4.90. The van der Waals surface area contributed by atoms with E-state index in [0.29, 0.717) is 18.7 Å². The molecule has 0 aliphatic carbocycles. The molecule has 0 saturated carbocycles. The molecule has 2 aromatic heterocycles. The molecule has 26 heavy (non-hydrogen) atoms. The summed E-state index contributed by atoms with van der Waals surface area (Å²) in [6.07, 6.45) is 3.85. The van der Waals surface area contributed by atoms with E-state index >= 15 is 0 Å². The number of imidazole rings is 1. The van der Waals surface area contributed by atoms with E-state index in [2.05, 4.69) is 17.1 Å². The van der Waals surface area contributed by atoms with Crippen LogP contribution in [0.2, 0.25) is 0 Å². The maximum Gasteiger partial charge on any atom is 0.255 e. The van der Waals surface area contributed by atoms with Crippen molar-refractivity contribution >= 4 is 11.6 Å². The van der Waals surface area contributed by atoms with Gasteiger partial charge in [0.25, 0.3) is 5.91 Å². The summed E-state index contributed by atoms with van der Waals surface area (Å²) in [6.45, 7) is 1.35. The quantitative estimate of drug-likeness (QED) is 0.550. The van der Waals surface area contributed by atoms with Gasteiger partial charge in [-0.3, -0.25) is 4.79 Å². The van der Waals surface area contributed by atoms with Crippen molar-refractivity contribution in [2.75, 3.05) is 0 Å². The van der Waals surface area contributed by atoms with Crippen molar-refractivity contribution in [1.29, 1.82) is 0 Å². The average Bonchev–Trinajstić information content (AvgIpc) is 3.31. The summed E-state index contributed by atoms with van der Waals surface area (Å²) in [5.74, 6) is 0.0538. The molecule has 1 aliphatic rings. The van der Waals surface area contributed by atoms with Crippen molar-refractivity contribution < 1.29 is 4.79 Å². The molecule has 0 fully saturated rings. The van der Waals surface area contributed by atoms with Gasteiger partial charge in [-0.2, -0.15) is 0 Å². The molecule has 1 amide bonds. The fourth-order valence-corrected chi connectivity index (χ4v) is 3.53. The molecular weight excluding hydrogens is 322 g/mol. The Morgan fingerprint density at radius 2 is 1.50 bits per heavy atom. The highest BCUT2D eigenvalue weighted by molar-refractivity contribution is 5.94. The zero-order valence-electron chi connectivity index (χ0n) is 14.2. The molecule has 0 spiro atoms. The molecule has 3 heterocycles. The largest absolute Gasteiger partial charge is 0.330 e. The molecule has 0 radical (unpaired) electrons. The van der Waals surface area contributed by atoms with Gasteiger partial charge in [0.05, 0.1) is 11.3 Å². The molecule has 0 saturated heterocycles. The SMILES string of the molecule is O=C(c1ccc2nc(-c3ccccc3)cn2c1)N1Cc2ccccc2C1. The molecule has 5 rings (SSSR count). The van der Waals surface area contributed by atoms with Crippen LogP contribution in [0.15, 0.2) is 79.1 Å². The molecule has 4 aromatic rings. The van der Waals surface area contributed by atoms with E-state index in [1.165, 1.54) is 11.1 Å². The normalized spacial score (nSPS) is 13.2. The number of carbonyl (C=O) groups is 1. The van der Waals surface area contributed by atoms with Crippen molar-refractivity contribution in [2.45, 2.75) is 13.1 Å². The van der Waals surface area contributed by atoms with Crippen LogP contribution in [0, 0.1) is 0 Å². The third-order valence-corrected chi connectivity index (χ3v) is 4.90. The molecule has 0 bridgehead atoms. The molecule has 2 aromatic carbocycles. The van der Waals surface area contributed by atoms with Gasteiger partial charge in [-0.05, 0) is 23.3 Å². The van der Waals surface area contributed by atoms with E-state index in [0.717, 1.165) is 16.9 Å². The zero-order valence-corrected chi connectivity index (χ0v) is 14.2. The zero-order chi connectivity index (χ0) is 17.5. The summed E-state index contributed by atoms with van der Waals surface area (Å²) < 4.78 is 1.93. The van der Waals surface area contributed by atoms with Crippen LogP contribution in [-0.4, -0.2) is 20.2 Å². The highest BCUT2D eigenvalue weighted by Crippen LogP contribution is 2.25. The molecule has 1 aliphatic heterocycles. The van der Waals surface area contributed by atoms with E-state index in [4.69, 9.17) is 0 Å². The van der Waals surface area contributed by atoms with E-state index in [1.54, 1.807) is 0 Å². The first-order valence-electron chi connectivity index (χ1n) is 8.68. The smallest absolute Gasteiger partial charge is 0.255 e. The molecule has 4 heteroatoms. The lowest BCUT2D eigenvalue weighted by Gasteiger charge is -2.15. The number of carbonyl (C=O) groups excluding carboxylic acids is 1. The number of amides is 1. The molecule has 0 N–H and O–H groups in total. The molecule has 126 valence electrons. The van der Waals surface area contributed by atoms with E-state index in [-0.39, 0.29) is 5.91 Å². The Labute approximate surface area is 151 Å². The number of pyridine rings is 1. The number of hydrogen-bond donors (Lipinski definition) is 0. The summed E-state index contributed by atoms with van der Waals surface area (Å²) in [6, 6.07) is 22.1. The van der Waals surface area contributed by atoms with Crippen molar-refractivity contribution in [3.05, 3.63) is 95.8 Å². The number of fused-ring (bicyclic) bond motifs is 2. The minimum atomic E-state index is 0.0538. The molecule has 4 nitrogen and oxygen atoms in total. The van der Waals surface area contributed by atoms with Gasteiger partial charge in [0.2, 0.25) is 0 Å². The van der Waals surface area contributed by atoms with Crippen LogP contribution in [0.25, 0.3) is 16.9 Å². The molecule has 0 unspecified atom stereocenters. The van der Waals surface area contributed by atoms with Crippen LogP contribution >= 0.6 is 0 Å². The summed E-state index contributed by atoms with van der Waals surface area (Å²) in [7, 11) is 0. The van der Waals surface area contributed by atoms with Gasteiger partial charge in [0, 0.05) is 31.0 Å². The summed E-state index contributed by atoms with van der Waals surface area (Å²) in [5.41, 5.74) is 5.96. The van der Waals surface area contributed by atoms with Gasteiger partial charge in [-0.15, -0.1) is 0 Å². The monoisotopic (exact) mass is 339 g/mol. The maximum absolute atomic E-state index is 12.9. The number of rotatable bonds is 2. The van der Waals surface area contributed by atoms with Crippen LogP contribution in [0.1, 0.15) is 21.5 Å². The number of nitrogens with zero attached hydrogens (tertiary/aromatic N) is 3. The number of aromatic nitrogens is 2. The van der Waals surface area contributed by atoms with Gasteiger partial charge >= 0.3 is 0 Å². The van der Waals surface area contributed by atoms with E-state index in [1.807, 2.05) is 76.3 Å². The highest BCUT2D eigenvalue weighted by Gasteiger charge is 2.24. The fourth-order valence-electron chi connectivity index (χ4n) is 3.53. The molecule has 0 atom stereocenters. The van der Waals surface area contributed by atoms with Crippen LogP contribution in [0.4, 0.5) is 0 Å². The lowest BCUT2D eigenvalue weighted by Crippen LogP contribution is -2.25. The predicted octanol–water partition coefficient (Wildman–Crippen LogP) is 4.16. The van der Waals surface area contributed by atoms with Gasteiger partial charge in [-0.25, -0.2) is 4.98 Å². The van der Waals surface area contributed by atoms with Gasteiger partial charge in [0.15, 0.2) is 0 Å². The lowest BCUT2D eigenvalue weighted by molar-refractivity contribution is 0.0751. The fraction of sp³-hybridized carbons (Fsp3) is 0.0909. The topological polar surface area (TPSA) is 37.6 Å². The van der Waals surface area contributed by atoms with Crippen LogP contribution < -0.4 is 0 Å². The highest BCUT2D eigenvalue weighted by atomic mass is 16.2. The van der Waals surface area contributed by atoms with Crippen LogP contribution in [-0.2, 0) is 13.1 Å². The van der Waals surface area contributed by atoms with Crippen molar-refractivity contribution in [3.63, 3.8) is 0 Å². The second kappa shape index (κ2) is 5.85.